The number of hydrogen-bond acceptors (Lipinski definition) is 11. The maximum Gasteiger partial charge on any atom is 0.348 e. The monoisotopic (exact) mass is 729 g/mol. The van der Waals surface area contributed by atoms with Crippen LogP contribution in [0.1, 0.15) is 38.1 Å². The lowest BCUT2D eigenvalue weighted by atomic mass is 9.73. The Labute approximate surface area is 304 Å². The van der Waals surface area contributed by atoms with Gasteiger partial charge in [-0.1, -0.05) is 42.5 Å². The van der Waals surface area contributed by atoms with E-state index in [2.05, 4.69) is 79.0 Å². The standard InChI is InChI=1S/C20H18O10.C19H21NOS/c1-29-13-7-3-11(4-8-13)15(21)19(27,17(23)24)20(28,18(25)26)16(22)12-5-9-14(30-2)10-6-12;1-20(2)13-12-18(19-11-6-14-22-19)21-17-10-5-8-15-7-3-4-9-16(15)17/h3-10,27-28H,1-2H3,(H,23,24)(H,25,26);3-11,14,18H,12-13H2,1-2H3. The molecule has 3 atom stereocenters. The maximum absolute atomic E-state index is 12.8. The van der Waals surface area contributed by atoms with E-state index in [1.54, 1.807) is 11.3 Å². The van der Waals surface area contributed by atoms with Crippen LogP contribution in [0.4, 0.5) is 0 Å². The highest BCUT2D eigenvalue weighted by Crippen LogP contribution is 2.34. The lowest BCUT2D eigenvalue weighted by Gasteiger charge is -2.34. The number of aliphatic carboxylic acids is 2. The number of aliphatic hydroxyl groups is 2. The zero-order chi connectivity index (χ0) is 38.1. The second kappa shape index (κ2) is 17.1. The number of carbonyl (C=O) groups excluding carboxylic acids is 2. The average Bonchev–Trinajstić information content (AvgIpc) is 3.70. The number of carboxylic acid groups (broad SMARTS) is 2. The predicted octanol–water partition coefficient (Wildman–Crippen LogP) is 5.37. The molecule has 52 heavy (non-hydrogen) atoms. The Kier molecular flexibility index (Phi) is 12.9. The van der Waals surface area contributed by atoms with E-state index in [1.807, 2.05) is 0 Å². The minimum atomic E-state index is -4.04. The summed E-state index contributed by atoms with van der Waals surface area (Å²) in [7, 11) is 6.87. The summed E-state index contributed by atoms with van der Waals surface area (Å²) < 4.78 is 16.2. The predicted molar refractivity (Wildman–Crippen MR) is 195 cm³/mol. The molecular formula is C39H39NO11S. The van der Waals surface area contributed by atoms with Gasteiger partial charge in [0.05, 0.1) is 14.2 Å². The fraction of sp³-hybridized carbons (Fsp3) is 0.231. The third-order valence-electron chi connectivity index (χ3n) is 8.22. The van der Waals surface area contributed by atoms with Crippen molar-refractivity contribution >= 4 is 45.6 Å². The van der Waals surface area contributed by atoms with Crippen molar-refractivity contribution < 1.29 is 53.8 Å². The molecule has 12 nitrogen and oxygen atoms in total. The number of carboxylic acids is 2. The summed E-state index contributed by atoms with van der Waals surface area (Å²) >= 11 is 1.76. The van der Waals surface area contributed by atoms with Crippen LogP contribution in [0, 0.1) is 0 Å². The molecule has 4 aromatic carbocycles. The van der Waals surface area contributed by atoms with Crippen molar-refractivity contribution in [3.05, 3.63) is 125 Å². The number of Topliss-reactive ketones (excluding diaryl/α,β-unsaturated/α-hetero) is 2. The van der Waals surface area contributed by atoms with Crippen molar-refractivity contribution in [2.45, 2.75) is 23.7 Å². The Morgan fingerprint density at radius 1 is 0.692 bits per heavy atom. The molecule has 0 spiro atoms. The van der Waals surface area contributed by atoms with Crippen LogP contribution < -0.4 is 14.2 Å². The smallest absolute Gasteiger partial charge is 0.348 e. The number of rotatable bonds is 15. The summed E-state index contributed by atoms with van der Waals surface area (Å²) in [5.74, 6) is -6.71. The molecule has 0 aliphatic heterocycles. The van der Waals surface area contributed by atoms with Crippen molar-refractivity contribution in [2.24, 2.45) is 0 Å². The van der Waals surface area contributed by atoms with Crippen LogP contribution >= 0.6 is 11.3 Å². The maximum atomic E-state index is 12.8. The summed E-state index contributed by atoms with van der Waals surface area (Å²) in [6, 6.07) is 28.1. The van der Waals surface area contributed by atoms with Crippen molar-refractivity contribution in [1.82, 2.24) is 4.90 Å². The zero-order valence-electron chi connectivity index (χ0n) is 28.9. The van der Waals surface area contributed by atoms with E-state index in [9.17, 15) is 39.6 Å². The molecule has 1 aromatic heterocycles. The molecule has 5 rings (SSSR count). The summed E-state index contributed by atoms with van der Waals surface area (Å²) in [6.45, 7) is 1.01. The van der Waals surface area contributed by atoms with Crippen molar-refractivity contribution in [1.29, 1.82) is 0 Å². The number of nitrogens with zero attached hydrogens (tertiary/aromatic N) is 1. The van der Waals surface area contributed by atoms with E-state index in [0.717, 1.165) is 43.0 Å². The number of methoxy groups -OCH3 is 2. The van der Waals surface area contributed by atoms with Crippen LogP contribution in [-0.4, -0.2) is 94.9 Å². The molecule has 1 heterocycles. The SMILES string of the molecule is CN(C)CCC(Oc1cccc2ccccc12)c1cccs1.COc1ccc(C(=O)C(O)(C(=O)O)C(O)(C(=O)O)C(=O)c2ccc(OC)cc2)cc1. The molecule has 0 radical (unpaired) electrons. The van der Waals surface area contributed by atoms with Gasteiger partial charge in [0.2, 0.25) is 11.6 Å². The Morgan fingerprint density at radius 3 is 1.63 bits per heavy atom. The topological polar surface area (TPSA) is 180 Å². The third kappa shape index (κ3) is 8.30. The number of ketones is 2. The molecule has 0 amide bonds. The van der Waals surface area contributed by atoms with Gasteiger partial charge in [0.1, 0.15) is 23.4 Å². The van der Waals surface area contributed by atoms with E-state index in [-0.39, 0.29) is 17.6 Å². The molecular weight excluding hydrogens is 690 g/mol. The number of ether oxygens (including phenoxy) is 3. The first-order valence-electron chi connectivity index (χ1n) is 15.9. The molecule has 3 unspecified atom stereocenters. The van der Waals surface area contributed by atoms with Gasteiger partial charge < -0.3 is 39.5 Å². The number of carbonyl (C=O) groups is 4. The fourth-order valence-electron chi connectivity index (χ4n) is 5.30. The number of fused-ring (bicyclic) bond motifs is 1. The molecule has 0 aliphatic rings. The van der Waals surface area contributed by atoms with Gasteiger partial charge in [0.15, 0.2) is 0 Å². The highest BCUT2D eigenvalue weighted by Gasteiger charge is 2.69. The lowest BCUT2D eigenvalue weighted by molar-refractivity contribution is -0.187. The highest BCUT2D eigenvalue weighted by atomic mass is 32.1. The molecule has 4 N–H and O–H groups in total. The largest absolute Gasteiger partial charge is 0.497 e. The summed E-state index contributed by atoms with van der Waals surface area (Å²) in [5, 5.41) is 45.0. The van der Waals surface area contributed by atoms with Crippen LogP contribution in [0.25, 0.3) is 10.8 Å². The van der Waals surface area contributed by atoms with Gasteiger partial charge in [0.25, 0.3) is 11.2 Å². The molecule has 0 aliphatic carbocycles. The molecule has 272 valence electrons. The summed E-state index contributed by atoms with van der Waals surface area (Å²) in [6.07, 6.45) is 1.09. The number of benzene rings is 4. The quantitative estimate of drug-likeness (QED) is 0.0800. The molecule has 0 bridgehead atoms. The van der Waals surface area contributed by atoms with Crippen molar-refractivity contribution in [2.75, 3.05) is 34.9 Å². The van der Waals surface area contributed by atoms with Gasteiger partial charge in [-0.15, -0.1) is 11.3 Å². The van der Waals surface area contributed by atoms with Gasteiger partial charge in [0, 0.05) is 34.4 Å². The third-order valence-corrected chi connectivity index (χ3v) is 9.19. The zero-order valence-corrected chi connectivity index (χ0v) is 29.7. The van der Waals surface area contributed by atoms with Crippen LogP contribution in [0.3, 0.4) is 0 Å². The minimum Gasteiger partial charge on any atom is -0.497 e. The van der Waals surface area contributed by atoms with Crippen LogP contribution in [0.5, 0.6) is 17.2 Å². The Morgan fingerprint density at radius 2 is 1.19 bits per heavy atom. The normalized spacial score (nSPS) is 13.8. The van der Waals surface area contributed by atoms with E-state index in [0.29, 0.717) is 0 Å². The van der Waals surface area contributed by atoms with Gasteiger partial charge >= 0.3 is 11.9 Å². The van der Waals surface area contributed by atoms with Crippen LogP contribution in [-0.2, 0) is 9.59 Å². The molecule has 0 saturated heterocycles. The second-order valence-electron chi connectivity index (χ2n) is 11.8. The van der Waals surface area contributed by atoms with Crippen molar-refractivity contribution in [3.8, 4) is 17.2 Å². The average molecular weight is 730 g/mol. The summed E-state index contributed by atoms with van der Waals surface area (Å²) in [4.78, 5) is 52.9. The summed E-state index contributed by atoms with van der Waals surface area (Å²) in [5.41, 5.74) is -9.01. The van der Waals surface area contributed by atoms with E-state index >= 15 is 0 Å². The van der Waals surface area contributed by atoms with Gasteiger partial charge in [-0.2, -0.15) is 0 Å². The van der Waals surface area contributed by atoms with Gasteiger partial charge in [-0.25, -0.2) is 9.59 Å². The minimum absolute atomic E-state index is 0.105. The first kappa shape index (κ1) is 39.2. The lowest BCUT2D eigenvalue weighted by Crippen LogP contribution is -2.71. The molecule has 0 fully saturated rings. The van der Waals surface area contributed by atoms with Gasteiger partial charge in [-0.3, -0.25) is 9.59 Å². The van der Waals surface area contributed by atoms with E-state index < -0.39 is 45.8 Å². The number of thiophene rings is 1. The Bertz CT molecular complexity index is 1910. The molecule has 5 aromatic rings. The highest BCUT2D eigenvalue weighted by molar-refractivity contribution is 7.10. The number of hydrogen-bond donors (Lipinski definition) is 4. The van der Waals surface area contributed by atoms with E-state index in [1.165, 1.54) is 54.1 Å². The fourth-order valence-corrected chi connectivity index (χ4v) is 6.08. The Balaban J connectivity index is 0.000000243. The second-order valence-corrected chi connectivity index (χ2v) is 12.8. The molecule has 0 saturated carbocycles. The Hall–Kier alpha value is -5.60. The first-order chi connectivity index (χ1) is 24.8. The van der Waals surface area contributed by atoms with Gasteiger partial charge in [-0.05, 0) is 85.5 Å². The van der Waals surface area contributed by atoms with Crippen LogP contribution in [0.2, 0.25) is 0 Å². The van der Waals surface area contributed by atoms with Crippen LogP contribution in [0.15, 0.2) is 109 Å². The molecule has 13 heteroatoms. The van der Waals surface area contributed by atoms with E-state index in [4.69, 9.17) is 14.2 Å². The van der Waals surface area contributed by atoms with Crippen molar-refractivity contribution in [3.63, 3.8) is 0 Å². The first-order valence-corrected chi connectivity index (χ1v) is 16.8.